The third-order valence-electron chi connectivity index (χ3n) is 2.61. The molecule has 0 atom stereocenters. The van der Waals surface area contributed by atoms with Crippen molar-refractivity contribution in [3.8, 4) is 0 Å². The molecule has 0 aliphatic carbocycles. The maximum atomic E-state index is 13.7. The smallest absolute Gasteiger partial charge is 0.150 e. The lowest BCUT2D eigenvalue weighted by molar-refractivity contribution is 0.589. The minimum atomic E-state index is -0.695. The Morgan fingerprint density at radius 2 is 1.74 bits per heavy atom. The van der Waals surface area contributed by atoms with E-state index in [4.69, 9.17) is 17.3 Å². The second-order valence-corrected chi connectivity index (χ2v) is 5.38. The van der Waals surface area contributed by atoms with Crippen LogP contribution in [0.4, 0.5) is 25.8 Å². The third kappa shape index (κ3) is 2.98. The maximum absolute atomic E-state index is 13.7. The van der Waals surface area contributed by atoms with Crippen molar-refractivity contribution in [2.75, 3.05) is 11.1 Å². The van der Waals surface area contributed by atoms with Crippen molar-refractivity contribution < 1.29 is 8.78 Å². The molecule has 2 aromatic rings. The Morgan fingerprint density at radius 3 is 2.32 bits per heavy atom. The molecular weight excluding hydrogens is 338 g/mol. The minimum absolute atomic E-state index is 0.230. The van der Waals surface area contributed by atoms with Crippen LogP contribution in [-0.2, 0) is 0 Å². The number of anilines is 3. The first-order valence-corrected chi connectivity index (χ1v) is 6.52. The fourth-order valence-corrected chi connectivity index (χ4v) is 2.20. The van der Waals surface area contributed by atoms with Gasteiger partial charge in [0, 0.05) is 10.2 Å². The van der Waals surface area contributed by atoms with Gasteiger partial charge in [-0.1, -0.05) is 27.5 Å². The normalized spacial score (nSPS) is 10.6. The molecule has 2 rings (SSSR count). The molecule has 2 aromatic carbocycles. The van der Waals surface area contributed by atoms with Crippen LogP contribution in [0, 0.1) is 18.6 Å². The Labute approximate surface area is 122 Å². The Hall–Kier alpha value is -1.33. The average molecular weight is 348 g/mol. The molecule has 0 saturated heterocycles. The molecule has 0 bridgehead atoms. The van der Waals surface area contributed by atoms with E-state index in [1.807, 2.05) is 0 Å². The van der Waals surface area contributed by atoms with Crippen LogP contribution in [0.25, 0.3) is 0 Å². The molecule has 0 fully saturated rings. The number of halogens is 4. The third-order valence-corrected chi connectivity index (χ3v) is 3.40. The zero-order valence-electron chi connectivity index (χ0n) is 9.90. The molecule has 19 heavy (non-hydrogen) atoms. The quantitative estimate of drug-likeness (QED) is 0.749. The molecule has 0 radical (unpaired) electrons. The number of hydrogen-bond donors (Lipinski definition) is 2. The number of benzene rings is 2. The van der Waals surface area contributed by atoms with Crippen molar-refractivity contribution in [1.29, 1.82) is 0 Å². The van der Waals surface area contributed by atoms with Gasteiger partial charge in [0.15, 0.2) is 11.6 Å². The van der Waals surface area contributed by atoms with Crippen molar-refractivity contribution in [3.63, 3.8) is 0 Å². The van der Waals surface area contributed by atoms with E-state index < -0.39 is 11.6 Å². The first-order chi connectivity index (χ1) is 8.88. The number of nitrogen functional groups attached to an aromatic ring is 1. The van der Waals surface area contributed by atoms with Gasteiger partial charge in [-0.25, -0.2) is 8.78 Å². The first kappa shape index (κ1) is 14.1. The van der Waals surface area contributed by atoms with Crippen molar-refractivity contribution in [2.24, 2.45) is 0 Å². The summed E-state index contributed by atoms with van der Waals surface area (Å²) in [4.78, 5) is 0. The number of nitrogens with one attached hydrogen (secondary N) is 1. The summed E-state index contributed by atoms with van der Waals surface area (Å²) in [6.07, 6.45) is 0. The lowest BCUT2D eigenvalue weighted by atomic mass is 10.1. The van der Waals surface area contributed by atoms with Crippen LogP contribution in [0.2, 0.25) is 5.02 Å². The summed E-state index contributed by atoms with van der Waals surface area (Å²) in [5.41, 5.74) is 7.08. The van der Waals surface area contributed by atoms with Gasteiger partial charge in [0.25, 0.3) is 0 Å². The second kappa shape index (κ2) is 5.35. The molecule has 0 aromatic heterocycles. The van der Waals surface area contributed by atoms with Gasteiger partial charge in [-0.2, -0.15) is 0 Å². The highest BCUT2D eigenvalue weighted by atomic mass is 79.9. The highest BCUT2D eigenvalue weighted by molar-refractivity contribution is 9.10. The van der Waals surface area contributed by atoms with Gasteiger partial charge in [0.2, 0.25) is 0 Å². The molecule has 100 valence electrons. The van der Waals surface area contributed by atoms with E-state index in [1.165, 1.54) is 18.2 Å². The largest absolute Gasteiger partial charge is 0.398 e. The van der Waals surface area contributed by atoms with E-state index in [0.717, 1.165) is 5.56 Å². The van der Waals surface area contributed by atoms with Crippen molar-refractivity contribution in [1.82, 2.24) is 0 Å². The zero-order valence-corrected chi connectivity index (χ0v) is 12.2. The summed E-state index contributed by atoms with van der Waals surface area (Å²) in [7, 11) is 0. The fourth-order valence-electron chi connectivity index (χ4n) is 1.63. The van der Waals surface area contributed by atoms with Crippen LogP contribution >= 0.6 is 27.5 Å². The molecule has 0 amide bonds. The standard InChI is InChI=1S/C13H10BrClF2N2/c1-6-2-11(18)8(15)5-12(6)19-13-9(16)3-7(14)4-10(13)17/h2-5,19H,18H2,1H3. The highest BCUT2D eigenvalue weighted by Gasteiger charge is 2.12. The molecule has 0 heterocycles. The molecule has 6 heteroatoms. The summed E-state index contributed by atoms with van der Waals surface area (Å²) >= 11 is 8.92. The van der Waals surface area contributed by atoms with E-state index in [-0.39, 0.29) is 5.69 Å². The van der Waals surface area contributed by atoms with Crippen LogP contribution in [-0.4, -0.2) is 0 Å². The van der Waals surface area contributed by atoms with E-state index >= 15 is 0 Å². The molecule has 0 saturated carbocycles. The van der Waals surface area contributed by atoms with Gasteiger partial charge in [0.05, 0.1) is 10.7 Å². The molecule has 0 aliphatic heterocycles. The summed E-state index contributed by atoms with van der Waals surface area (Å²) in [5, 5.41) is 3.02. The highest BCUT2D eigenvalue weighted by Crippen LogP contribution is 2.32. The number of nitrogens with two attached hydrogens (primary N) is 1. The SMILES string of the molecule is Cc1cc(N)c(Cl)cc1Nc1c(F)cc(Br)cc1F. The van der Waals surface area contributed by atoms with E-state index in [2.05, 4.69) is 21.2 Å². The Balaban J connectivity index is 2.45. The van der Waals surface area contributed by atoms with E-state index in [0.29, 0.717) is 20.9 Å². The van der Waals surface area contributed by atoms with Crippen LogP contribution in [0.15, 0.2) is 28.7 Å². The Kier molecular flexibility index (Phi) is 3.96. The van der Waals surface area contributed by atoms with Gasteiger partial charge in [-0.05, 0) is 36.8 Å². The number of aryl methyl sites for hydroxylation is 1. The van der Waals surface area contributed by atoms with Crippen molar-refractivity contribution in [2.45, 2.75) is 6.92 Å². The molecular formula is C13H10BrClF2N2. The van der Waals surface area contributed by atoms with Crippen molar-refractivity contribution >= 4 is 44.6 Å². The fraction of sp³-hybridized carbons (Fsp3) is 0.0769. The predicted octanol–water partition coefficient (Wildman–Crippen LogP) is 5.01. The summed E-state index contributed by atoms with van der Waals surface area (Å²) in [6.45, 7) is 1.77. The van der Waals surface area contributed by atoms with E-state index in [1.54, 1.807) is 13.0 Å². The van der Waals surface area contributed by atoms with E-state index in [9.17, 15) is 8.78 Å². The minimum Gasteiger partial charge on any atom is -0.398 e. The predicted molar refractivity (Wildman–Crippen MR) is 77.9 cm³/mol. The van der Waals surface area contributed by atoms with Crippen LogP contribution < -0.4 is 11.1 Å². The molecule has 0 aliphatic rings. The molecule has 0 unspecified atom stereocenters. The summed E-state index contributed by atoms with van der Waals surface area (Å²) in [6, 6.07) is 5.53. The average Bonchev–Trinajstić information content (AvgIpc) is 2.29. The van der Waals surface area contributed by atoms with Gasteiger partial charge < -0.3 is 11.1 Å². The van der Waals surface area contributed by atoms with Crippen LogP contribution in [0.5, 0.6) is 0 Å². The van der Waals surface area contributed by atoms with Crippen LogP contribution in [0.1, 0.15) is 5.56 Å². The Bertz CT molecular complexity index is 624. The monoisotopic (exact) mass is 346 g/mol. The van der Waals surface area contributed by atoms with Gasteiger partial charge in [0.1, 0.15) is 5.69 Å². The lowest BCUT2D eigenvalue weighted by Gasteiger charge is -2.13. The lowest BCUT2D eigenvalue weighted by Crippen LogP contribution is -2.00. The number of hydrogen-bond acceptors (Lipinski definition) is 2. The second-order valence-electron chi connectivity index (χ2n) is 4.06. The molecule has 3 N–H and O–H groups in total. The van der Waals surface area contributed by atoms with Crippen LogP contribution in [0.3, 0.4) is 0 Å². The van der Waals surface area contributed by atoms with Gasteiger partial charge >= 0.3 is 0 Å². The van der Waals surface area contributed by atoms with Crippen molar-refractivity contribution in [3.05, 3.63) is 51.0 Å². The Morgan fingerprint density at radius 1 is 1.16 bits per heavy atom. The number of rotatable bonds is 2. The topological polar surface area (TPSA) is 38.0 Å². The molecule has 2 nitrogen and oxygen atoms in total. The first-order valence-electron chi connectivity index (χ1n) is 5.35. The van der Waals surface area contributed by atoms with Gasteiger partial charge in [-0.3, -0.25) is 0 Å². The molecule has 0 spiro atoms. The maximum Gasteiger partial charge on any atom is 0.150 e. The summed E-state index contributed by atoms with van der Waals surface area (Å²) < 4.78 is 27.8. The summed E-state index contributed by atoms with van der Waals surface area (Å²) in [5.74, 6) is -1.39. The van der Waals surface area contributed by atoms with Gasteiger partial charge in [-0.15, -0.1) is 0 Å². The zero-order chi connectivity index (χ0) is 14.2.